The van der Waals surface area contributed by atoms with Crippen molar-refractivity contribution in [1.29, 1.82) is 0 Å². The largest absolute Gasteiger partial charge is 1.00 e. The summed E-state index contributed by atoms with van der Waals surface area (Å²) in [7, 11) is 2.20. The van der Waals surface area contributed by atoms with Crippen LogP contribution in [0, 0.1) is 0 Å². The highest BCUT2D eigenvalue weighted by Crippen LogP contribution is 2.11. The number of aliphatic hydroxyl groups excluding tert-OH is 1. The van der Waals surface area contributed by atoms with Gasteiger partial charge in [0.05, 0.1) is 20.1 Å². The van der Waals surface area contributed by atoms with Crippen LogP contribution < -0.4 is 12.4 Å². The molecule has 0 saturated carbocycles. The van der Waals surface area contributed by atoms with Gasteiger partial charge in [-0.3, -0.25) is 0 Å². The number of quaternary nitrogens is 1. The summed E-state index contributed by atoms with van der Waals surface area (Å²) >= 11 is 0. The van der Waals surface area contributed by atoms with E-state index in [1.807, 2.05) is 0 Å². The molecule has 1 atom stereocenters. The Bertz CT molecular complexity index is 167. The van der Waals surface area contributed by atoms with Crippen molar-refractivity contribution in [1.82, 2.24) is 0 Å². The topological polar surface area (TPSA) is 20.2 Å². The van der Waals surface area contributed by atoms with Crippen LogP contribution >= 0.6 is 0 Å². The van der Waals surface area contributed by atoms with E-state index in [4.69, 9.17) is 0 Å². The molecular weight excluding hydrogens is 246 g/mol. The highest BCUT2D eigenvalue weighted by molar-refractivity contribution is 4.45. The Morgan fingerprint density at radius 2 is 1.11 bits per heavy atom. The summed E-state index contributed by atoms with van der Waals surface area (Å²) in [6.45, 7) is 7.08. The molecular formula is C15H34ClNO. The highest BCUT2D eigenvalue weighted by atomic mass is 35.5. The van der Waals surface area contributed by atoms with Crippen LogP contribution in [0.4, 0.5) is 0 Å². The minimum atomic E-state index is 0. The molecule has 0 heterocycles. The molecule has 0 amide bonds. The second-order valence-electron chi connectivity index (χ2n) is 5.68. The summed E-state index contributed by atoms with van der Waals surface area (Å²) < 4.78 is 0.855. The molecule has 2 nitrogen and oxygen atoms in total. The van der Waals surface area contributed by atoms with Gasteiger partial charge in [0, 0.05) is 0 Å². The van der Waals surface area contributed by atoms with Crippen molar-refractivity contribution < 1.29 is 22.0 Å². The lowest BCUT2D eigenvalue weighted by Crippen LogP contribution is -3.00. The van der Waals surface area contributed by atoms with Gasteiger partial charge in [-0.15, -0.1) is 0 Å². The maximum absolute atomic E-state index is 9.50. The molecule has 0 radical (unpaired) electrons. The average molecular weight is 280 g/mol. The number of unbranched alkanes of at least 4 members (excludes halogenated alkanes) is 7. The third-order valence-electron chi connectivity index (χ3n) is 3.69. The number of hydrogen-bond acceptors (Lipinski definition) is 1. The third kappa shape index (κ3) is 11.3. The molecule has 1 N–H and O–H groups in total. The zero-order chi connectivity index (χ0) is 13.0. The minimum absolute atomic E-state index is 0. The van der Waals surface area contributed by atoms with Crippen LogP contribution in [-0.4, -0.2) is 36.5 Å². The minimum Gasteiger partial charge on any atom is -1.00 e. The lowest BCUT2D eigenvalue weighted by atomic mass is 10.1. The summed E-state index contributed by atoms with van der Waals surface area (Å²) in [6.07, 6.45) is 11.9. The lowest BCUT2D eigenvalue weighted by molar-refractivity contribution is -0.927. The Morgan fingerprint density at radius 1 is 0.722 bits per heavy atom. The predicted octanol–water partition coefficient (Wildman–Crippen LogP) is 0.938. The molecule has 0 aliphatic heterocycles. The summed E-state index contributed by atoms with van der Waals surface area (Å²) in [5.74, 6) is 0. The lowest BCUT2D eigenvalue weighted by Gasteiger charge is -2.32. The summed E-state index contributed by atoms with van der Waals surface area (Å²) in [5, 5.41) is 9.50. The van der Waals surface area contributed by atoms with Crippen LogP contribution in [-0.2, 0) is 0 Å². The van der Waals surface area contributed by atoms with E-state index in [1.54, 1.807) is 0 Å². The number of aliphatic hydroxyl groups is 1. The fourth-order valence-electron chi connectivity index (χ4n) is 2.27. The first-order valence-corrected chi connectivity index (χ1v) is 7.63. The van der Waals surface area contributed by atoms with Crippen molar-refractivity contribution in [2.75, 3.05) is 26.9 Å². The molecule has 0 aromatic carbocycles. The fraction of sp³-hybridized carbons (Fsp3) is 1.00. The van der Waals surface area contributed by atoms with Crippen molar-refractivity contribution in [2.45, 2.75) is 71.6 Å². The molecule has 3 heteroatoms. The summed E-state index contributed by atoms with van der Waals surface area (Å²) in [5.41, 5.74) is 0. The van der Waals surface area contributed by atoms with Gasteiger partial charge in [-0.25, -0.2) is 0 Å². The molecule has 112 valence electrons. The molecule has 1 unspecified atom stereocenters. The van der Waals surface area contributed by atoms with Crippen LogP contribution in [0.2, 0.25) is 0 Å². The molecule has 0 spiro atoms. The van der Waals surface area contributed by atoms with E-state index in [1.165, 1.54) is 57.8 Å². The number of rotatable bonds is 12. The first-order chi connectivity index (χ1) is 8.18. The van der Waals surface area contributed by atoms with Gasteiger partial charge < -0.3 is 22.0 Å². The van der Waals surface area contributed by atoms with Gasteiger partial charge in [0.15, 0.2) is 6.73 Å². The smallest absolute Gasteiger partial charge is 0.180 e. The maximum Gasteiger partial charge on any atom is 0.180 e. The summed E-state index contributed by atoms with van der Waals surface area (Å²) in [6, 6.07) is 0. The second kappa shape index (κ2) is 13.6. The van der Waals surface area contributed by atoms with Crippen molar-refractivity contribution in [3.8, 4) is 0 Å². The number of nitrogens with zero attached hydrogens (tertiary/aromatic N) is 1. The van der Waals surface area contributed by atoms with Gasteiger partial charge >= 0.3 is 0 Å². The second-order valence-corrected chi connectivity index (χ2v) is 5.68. The normalized spacial score (nSPS) is 14.0. The zero-order valence-electron chi connectivity index (χ0n) is 12.8. The zero-order valence-corrected chi connectivity index (χ0v) is 13.5. The van der Waals surface area contributed by atoms with Crippen LogP contribution in [0.15, 0.2) is 0 Å². The molecule has 0 rings (SSSR count). The van der Waals surface area contributed by atoms with Gasteiger partial charge in [-0.2, -0.15) is 0 Å². The monoisotopic (exact) mass is 279 g/mol. The molecule has 0 aromatic rings. The molecule has 0 aliphatic rings. The van der Waals surface area contributed by atoms with E-state index >= 15 is 0 Å². The van der Waals surface area contributed by atoms with Crippen LogP contribution in [0.5, 0.6) is 0 Å². The first-order valence-electron chi connectivity index (χ1n) is 7.63. The van der Waals surface area contributed by atoms with Gasteiger partial charge in [0.1, 0.15) is 0 Å². The van der Waals surface area contributed by atoms with E-state index in [0.717, 1.165) is 17.6 Å². The molecule has 18 heavy (non-hydrogen) atoms. The van der Waals surface area contributed by atoms with Crippen LogP contribution in [0.25, 0.3) is 0 Å². The molecule has 0 aromatic heterocycles. The Balaban J connectivity index is 0. The Labute approximate surface area is 121 Å². The Hall–Kier alpha value is 0.210. The van der Waals surface area contributed by atoms with Gasteiger partial charge in [0.25, 0.3) is 0 Å². The fourth-order valence-corrected chi connectivity index (χ4v) is 2.27. The SMILES string of the molecule is CCCCCCCC[N+](C)(CO)CCCCC.[Cl-]. The molecule has 0 aliphatic carbocycles. The van der Waals surface area contributed by atoms with E-state index in [9.17, 15) is 5.11 Å². The highest BCUT2D eigenvalue weighted by Gasteiger charge is 2.18. The Kier molecular flexibility index (Phi) is 15.6. The first kappa shape index (κ1) is 20.5. The number of hydrogen-bond donors (Lipinski definition) is 1. The van der Waals surface area contributed by atoms with Gasteiger partial charge in [-0.05, 0) is 25.7 Å². The van der Waals surface area contributed by atoms with Crippen molar-refractivity contribution in [3.63, 3.8) is 0 Å². The third-order valence-corrected chi connectivity index (χ3v) is 3.69. The molecule has 0 bridgehead atoms. The van der Waals surface area contributed by atoms with Crippen LogP contribution in [0.1, 0.15) is 71.6 Å². The quantitative estimate of drug-likeness (QED) is 0.320. The average Bonchev–Trinajstić information content (AvgIpc) is 2.34. The van der Waals surface area contributed by atoms with Crippen molar-refractivity contribution >= 4 is 0 Å². The summed E-state index contributed by atoms with van der Waals surface area (Å²) in [4.78, 5) is 0. The standard InChI is InChI=1S/C15H34NO.ClH/c1-4-6-8-9-10-12-14-16(3,15-17)13-11-7-5-2;/h17H,4-15H2,1-3H3;1H/q+1;/p-1. The predicted molar refractivity (Wildman–Crippen MR) is 75.9 cm³/mol. The van der Waals surface area contributed by atoms with Gasteiger partial charge in [0.2, 0.25) is 0 Å². The Morgan fingerprint density at radius 3 is 1.61 bits per heavy atom. The van der Waals surface area contributed by atoms with Crippen molar-refractivity contribution in [3.05, 3.63) is 0 Å². The van der Waals surface area contributed by atoms with E-state index in [0.29, 0.717) is 6.73 Å². The van der Waals surface area contributed by atoms with E-state index in [-0.39, 0.29) is 12.4 Å². The van der Waals surface area contributed by atoms with Crippen molar-refractivity contribution in [2.24, 2.45) is 0 Å². The molecule has 0 saturated heterocycles. The van der Waals surface area contributed by atoms with E-state index < -0.39 is 0 Å². The van der Waals surface area contributed by atoms with Crippen LogP contribution in [0.3, 0.4) is 0 Å². The maximum atomic E-state index is 9.50. The number of halogens is 1. The van der Waals surface area contributed by atoms with Gasteiger partial charge in [-0.1, -0.05) is 46.0 Å². The molecule has 0 fully saturated rings. The van der Waals surface area contributed by atoms with E-state index in [2.05, 4.69) is 20.9 Å².